The highest BCUT2D eigenvalue weighted by atomic mass is 14.9. The standard InChI is InChI=1S/C16H16N2/c1-9-3-11-7-18-14-6-10(2)4-12-8-17-13(5-9)15(11)16(12)14/h3-6,17-18H,7-8H2,1-2H3. The van der Waals surface area contributed by atoms with E-state index < -0.39 is 0 Å². The third-order valence-electron chi connectivity index (χ3n) is 3.92. The van der Waals surface area contributed by atoms with Crippen LogP contribution in [0, 0.1) is 13.8 Å². The fourth-order valence-electron chi connectivity index (χ4n) is 3.25. The lowest BCUT2D eigenvalue weighted by Crippen LogP contribution is -2.18. The smallest absolute Gasteiger partial charge is 0.0429 e. The summed E-state index contributed by atoms with van der Waals surface area (Å²) in [6.45, 7) is 6.19. The molecule has 0 fully saturated rings. The predicted octanol–water partition coefficient (Wildman–Crippen LogP) is 3.82. The second kappa shape index (κ2) is 3.29. The topological polar surface area (TPSA) is 24.1 Å². The second-order valence-corrected chi connectivity index (χ2v) is 5.40. The minimum Gasteiger partial charge on any atom is -0.380 e. The molecule has 0 amide bonds. The van der Waals surface area contributed by atoms with Gasteiger partial charge in [0.05, 0.1) is 0 Å². The van der Waals surface area contributed by atoms with E-state index in [1.54, 1.807) is 0 Å². The Morgan fingerprint density at radius 3 is 1.61 bits per heavy atom. The largest absolute Gasteiger partial charge is 0.380 e. The first-order valence-electron chi connectivity index (χ1n) is 6.47. The fourth-order valence-corrected chi connectivity index (χ4v) is 3.25. The molecule has 0 aliphatic carbocycles. The van der Waals surface area contributed by atoms with Crippen LogP contribution >= 0.6 is 0 Å². The molecule has 0 bridgehead atoms. The SMILES string of the molecule is Cc1cc2c3c(c1)NCc1cc(C)cc(c1-3)NC2. The summed E-state index contributed by atoms with van der Waals surface area (Å²) >= 11 is 0. The zero-order valence-corrected chi connectivity index (χ0v) is 10.7. The van der Waals surface area contributed by atoms with E-state index in [2.05, 4.69) is 48.7 Å². The van der Waals surface area contributed by atoms with Crippen molar-refractivity contribution in [1.29, 1.82) is 0 Å². The van der Waals surface area contributed by atoms with Crippen molar-refractivity contribution in [1.82, 2.24) is 0 Å². The number of nitrogens with one attached hydrogen (secondary N) is 2. The lowest BCUT2D eigenvalue weighted by molar-refractivity contribution is 1.05. The fraction of sp³-hybridized carbons (Fsp3) is 0.250. The predicted molar refractivity (Wildman–Crippen MR) is 76.0 cm³/mol. The molecule has 2 aromatic rings. The summed E-state index contributed by atoms with van der Waals surface area (Å²) < 4.78 is 0. The van der Waals surface area contributed by atoms with Crippen molar-refractivity contribution in [2.45, 2.75) is 26.9 Å². The maximum absolute atomic E-state index is 3.56. The first-order valence-corrected chi connectivity index (χ1v) is 6.47. The molecule has 0 unspecified atom stereocenters. The Kier molecular flexibility index (Phi) is 1.83. The molecule has 2 heterocycles. The summed E-state index contributed by atoms with van der Waals surface area (Å²) in [5.74, 6) is 0. The van der Waals surface area contributed by atoms with Crippen LogP contribution in [0.4, 0.5) is 11.4 Å². The molecule has 0 saturated carbocycles. The van der Waals surface area contributed by atoms with Gasteiger partial charge < -0.3 is 10.6 Å². The molecule has 2 aliphatic heterocycles. The quantitative estimate of drug-likeness (QED) is 0.726. The lowest BCUT2D eigenvalue weighted by Gasteiger charge is -2.31. The summed E-state index contributed by atoms with van der Waals surface area (Å²) in [6, 6.07) is 9.12. The molecule has 0 spiro atoms. The van der Waals surface area contributed by atoms with Gasteiger partial charge in [-0.05, 0) is 48.2 Å². The second-order valence-electron chi connectivity index (χ2n) is 5.40. The van der Waals surface area contributed by atoms with E-state index in [0.29, 0.717) is 0 Å². The highest BCUT2D eigenvalue weighted by Crippen LogP contribution is 2.46. The molecule has 0 saturated heterocycles. The Hall–Kier alpha value is -1.96. The molecular weight excluding hydrogens is 220 g/mol. The Bertz CT molecular complexity index is 561. The molecule has 2 aliphatic rings. The van der Waals surface area contributed by atoms with Crippen LogP contribution in [0.2, 0.25) is 0 Å². The maximum atomic E-state index is 3.56. The van der Waals surface area contributed by atoms with Crippen LogP contribution in [0.1, 0.15) is 22.3 Å². The average molecular weight is 236 g/mol. The number of benzene rings is 2. The van der Waals surface area contributed by atoms with Gasteiger partial charge in [-0.2, -0.15) is 0 Å². The molecule has 90 valence electrons. The van der Waals surface area contributed by atoms with E-state index in [4.69, 9.17) is 0 Å². The summed E-state index contributed by atoms with van der Waals surface area (Å²) in [5, 5.41) is 7.12. The molecule has 2 nitrogen and oxygen atoms in total. The Morgan fingerprint density at radius 2 is 1.17 bits per heavy atom. The zero-order chi connectivity index (χ0) is 12.3. The third-order valence-corrected chi connectivity index (χ3v) is 3.92. The van der Waals surface area contributed by atoms with Crippen LogP contribution in [0.15, 0.2) is 24.3 Å². The van der Waals surface area contributed by atoms with Gasteiger partial charge in [-0.3, -0.25) is 0 Å². The first kappa shape index (κ1) is 10.0. The van der Waals surface area contributed by atoms with Gasteiger partial charge in [0.2, 0.25) is 0 Å². The van der Waals surface area contributed by atoms with Crippen LogP contribution < -0.4 is 10.6 Å². The Balaban J connectivity index is 2.10. The van der Waals surface area contributed by atoms with Crippen LogP contribution in [-0.4, -0.2) is 0 Å². The number of hydrogen-bond donors (Lipinski definition) is 2. The summed E-state index contributed by atoms with van der Waals surface area (Å²) in [4.78, 5) is 0. The highest BCUT2D eigenvalue weighted by Gasteiger charge is 2.25. The van der Waals surface area contributed by atoms with Crippen LogP contribution in [0.3, 0.4) is 0 Å². The molecule has 2 heteroatoms. The van der Waals surface area contributed by atoms with E-state index in [1.165, 1.54) is 44.8 Å². The number of aryl methyl sites for hydroxylation is 2. The Morgan fingerprint density at radius 1 is 0.722 bits per heavy atom. The first-order chi connectivity index (χ1) is 8.72. The van der Waals surface area contributed by atoms with Gasteiger partial charge in [-0.25, -0.2) is 0 Å². The number of anilines is 2. The molecule has 0 atom stereocenters. The summed E-state index contributed by atoms with van der Waals surface area (Å²) in [6.07, 6.45) is 0. The van der Waals surface area contributed by atoms with Crippen molar-refractivity contribution in [3.8, 4) is 11.1 Å². The number of hydrogen-bond acceptors (Lipinski definition) is 2. The van der Waals surface area contributed by atoms with Gasteiger partial charge >= 0.3 is 0 Å². The minimum atomic E-state index is 0.932. The van der Waals surface area contributed by atoms with Crippen molar-refractivity contribution in [3.05, 3.63) is 46.5 Å². The molecular formula is C16H16N2. The molecule has 18 heavy (non-hydrogen) atoms. The van der Waals surface area contributed by atoms with Gasteiger partial charge in [0.15, 0.2) is 0 Å². The molecule has 4 rings (SSSR count). The molecule has 0 radical (unpaired) electrons. The van der Waals surface area contributed by atoms with Crippen molar-refractivity contribution in [2.75, 3.05) is 10.6 Å². The lowest BCUT2D eigenvalue weighted by atomic mass is 9.85. The normalized spacial score (nSPS) is 14.6. The van der Waals surface area contributed by atoms with Gasteiger partial charge in [-0.1, -0.05) is 12.1 Å². The molecule has 2 N–H and O–H groups in total. The van der Waals surface area contributed by atoms with Gasteiger partial charge in [0.25, 0.3) is 0 Å². The third kappa shape index (κ3) is 1.23. The highest BCUT2D eigenvalue weighted by molar-refractivity contribution is 5.94. The Labute approximate surface area is 107 Å². The van der Waals surface area contributed by atoms with Crippen molar-refractivity contribution in [2.24, 2.45) is 0 Å². The molecule has 2 aromatic carbocycles. The minimum absolute atomic E-state index is 0.932. The zero-order valence-electron chi connectivity index (χ0n) is 10.7. The van der Waals surface area contributed by atoms with Crippen LogP contribution in [-0.2, 0) is 13.1 Å². The maximum Gasteiger partial charge on any atom is 0.0429 e. The average Bonchev–Trinajstić information content (AvgIpc) is 2.34. The van der Waals surface area contributed by atoms with E-state index in [0.717, 1.165) is 13.1 Å². The van der Waals surface area contributed by atoms with Crippen LogP contribution in [0.5, 0.6) is 0 Å². The van der Waals surface area contributed by atoms with Crippen LogP contribution in [0.25, 0.3) is 11.1 Å². The van der Waals surface area contributed by atoms with E-state index in [1.807, 2.05) is 0 Å². The van der Waals surface area contributed by atoms with Gasteiger partial charge in [0.1, 0.15) is 0 Å². The van der Waals surface area contributed by atoms with Crippen molar-refractivity contribution in [3.63, 3.8) is 0 Å². The van der Waals surface area contributed by atoms with E-state index in [9.17, 15) is 0 Å². The van der Waals surface area contributed by atoms with E-state index >= 15 is 0 Å². The van der Waals surface area contributed by atoms with Crippen molar-refractivity contribution < 1.29 is 0 Å². The molecule has 0 aromatic heterocycles. The van der Waals surface area contributed by atoms with E-state index in [-0.39, 0.29) is 0 Å². The number of rotatable bonds is 0. The monoisotopic (exact) mass is 236 g/mol. The summed E-state index contributed by atoms with van der Waals surface area (Å²) in [5.41, 5.74) is 10.9. The van der Waals surface area contributed by atoms with Gasteiger partial charge in [-0.15, -0.1) is 0 Å². The summed E-state index contributed by atoms with van der Waals surface area (Å²) in [7, 11) is 0. The van der Waals surface area contributed by atoms with Gasteiger partial charge in [0, 0.05) is 35.6 Å². The van der Waals surface area contributed by atoms with Crippen molar-refractivity contribution >= 4 is 11.4 Å².